The van der Waals surface area contributed by atoms with Gasteiger partial charge in [0.05, 0.1) is 18.7 Å². The van der Waals surface area contributed by atoms with Crippen LogP contribution in [-0.4, -0.2) is 51.3 Å². The van der Waals surface area contributed by atoms with Crippen molar-refractivity contribution in [2.45, 2.75) is 25.1 Å². The molecule has 0 saturated carbocycles. The Morgan fingerprint density at radius 3 is 2.14 bits per heavy atom. The van der Waals surface area contributed by atoms with Gasteiger partial charge in [-0.3, -0.25) is 9.36 Å². The Morgan fingerprint density at radius 2 is 1.66 bits per heavy atom. The Kier molecular flexibility index (Phi) is 5.49. The number of nitrogens with zero attached hydrogens (tertiary/aromatic N) is 4. The Hall–Kier alpha value is -3.11. The lowest BCUT2D eigenvalue weighted by atomic mass is 10.0. The fraction of sp³-hybridized carbons (Fsp3) is 0.444. The van der Waals surface area contributed by atoms with E-state index in [2.05, 4.69) is 9.84 Å². The first-order valence-corrected chi connectivity index (χ1v) is 8.84. The molecule has 2 aromatic rings. The Bertz CT molecular complexity index is 970. The van der Waals surface area contributed by atoms with Crippen molar-refractivity contribution in [3.8, 4) is 0 Å². The molecule has 1 amide bonds. The number of amides is 1. The highest BCUT2D eigenvalue weighted by atomic mass is 19.4. The van der Waals surface area contributed by atoms with Crippen molar-refractivity contribution in [1.82, 2.24) is 19.2 Å². The minimum absolute atomic E-state index is 0.260. The van der Waals surface area contributed by atoms with Gasteiger partial charge in [-0.1, -0.05) is 0 Å². The van der Waals surface area contributed by atoms with Crippen molar-refractivity contribution in [2.75, 3.05) is 20.2 Å². The highest BCUT2D eigenvalue weighted by Crippen LogP contribution is 2.28. The lowest BCUT2D eigenvalue weighted by Crippen LogP contribution is -2.41. The van der Waals surface area contributed by atoms with Crippen LogP contribution >= 0.6 is 0 Å². The number of rotatable bonds is 3. The fourth-order valence-electron chi connectivity index (χ4n) is 3.30. The molecule has 11 heteroatoms. The minimum atomic E-state index is -4.72. The van der Waals surface area contributed by atoms with E-state index in [9.17, 15) is 27.6 Å². The second-order valence-corrected chi connectivity index (χ2v) is 6.70. The summed E-state index contributed by atoms with van der Waals surface area (Å²) >= 11 is 0. The normalized spacial score (nSPS) is 15.4. The maximum Gasteiger partial charge on any atom is 0.451 e. The second-order valence-electron chi connectivity index (χ2n) is 6.70. The van der Waals surface area contributed by atoms with Gasteiger partial charge in [-0.25, -0.2) is 14.3 Å². The molecule has 1 aliphatic rings. The van der Waals surface area contributed by atoms with Crippen LogP contribution in [-0.2, 0) is 18.0 Å². The molecule has 0 N–H and O–H groups in total. The summed E-state index contributed by atoms with van der Waals surface area (Å²) in [5, 5.41) is 3.46. The summed E-state index contributed by atoms with van der Waals surface area (Å²) in [5.41, 5.74) is -0.135. The van der Waals surface area contributed by atoms with Crippen LogP contribution in [0.4, 0.5) is 13.2 Å². The summed E-state index contributed by atoms with van der Waals surface area (Å²) in [5.74, 6) is -2.01. The average molecular weight is 412 g/mol. The number of benzene rings is 1. The molecule has 1 aromatic carbocycles. The molecule has 0 radical (unpaired) electrons. The standard InChI is InChI=1S/C18H19F3N4O4/c1-23-16(18(19,20)21)22-25(17(23)28)13-7-9-24(10-8-13)14(26)11-3-5-12(6-4-11)15(27)29-2/h3-6,13H,7-10H2,1-2H3. The SMILES string of the molecule is COC(=O)c1ccc(C(=O)N2CCC(n3nc(C(F)(F)F)n(C)c3=O)CC2)cc1. The number of halogens is 3. The van der Waals surface area contributed by atoms with Gasteiger partial charge in [0.25, 0.3) is 5.91 Å². The third-order valence-electron chi connectivity index (χ3n) is 4.91. The molecule has 2 heterocycles. The van der Waals surface area contributed by atoms with Gasteiger partial charge in [0.2, 0.25) is 5.82 Å². The van der Waals surface area contributed by atoms with Crippen LogP contribution in [0.15, 0.2) is 29.1 Å². The van der Waals surface area contributed by atoms with E-state index in [0.29, 0.717) is 28.5 Å². The summed E-state index contributed by atoms with van der Waals surface area (Å²) in [6, 6.07) is 5.48. The molecular weight excluding hydrogens is 393 g/mol. The summed E-state index contributed by atoms with van der Waals surface area (Å²) in [7, 11) is 2.29. The number of carbonyl (C=O) groups is 2. The number of hydrogen-bond acceptors (Lipinski definition) is 5. The number of methoxy groups -OCH3 is 1. The van der Waals surface area contributed by atoms with Crippen LogP contribution in [0.2, 0.25) is 0 Å². The topological polar surface area (TPSA) is 86.4 Å². The molecule has 1 saturated heterocycles. The van der Waals surface area contributed by atoms with Crippen LogP contribution in [0.1, 0.15) is 45.4 Å². The molecular formula is C18H19F3N4O4. The van der Waals surface area contributed by atoms with E-state index >= 15 is 0 Å². The maximum absolute atomic E-state index is 12.9. The Labute approximate surface area is 163 Å². The average Bonchev–Trinajstić information content (AvgIpc) is 3.02. The summed E-state index contributed by atoms with van der Waals surface area (Å²) < 4.78 is 44.8. The van der Waals surface area contributed by atoms with Crippen molar-refractivity contribution in [2.24, 2.45) is 7.05 Å². The third kappa shape index (κ3) is 4.03. The molecule has 0 bridgehead atoms. The Balaban J connectivity index is 1.69. The van der Waals surface area contributed by atoms with Gasteiger partial charge >= 0.3 is 17.8 Å². The highest BCUT2D eigenvalue weighted by Gasteiger charge is 2.39. The van der Waals surface area contributed by atoms with E-state index in [1.54, 1.807) is 4.90 Å². The number of ether oxygens (including phenoxy) is 1. The number of alkyl halides is 3. The van der Waals surface area contributed by atoms with E-state index < -0.39 is 29.7 Å². The Morgan fingerprint density at radius 1 is 1.10 bits per heavy atom. The molecule has 156 valence electrons. The summed E-state index contributed by atoms with van der Waals surface area (Å²) in [6.07, 6.45) is -4.10. The quantitative estimate of drug-likeness (QED) is 0.719. The molecule has 1 aliphatic heterocycles. The number of carbonyl (C=O) groups excluding carboxylic acids is 2. The second kappa shape index (κ2) is 7.72. The van der Waals surface area contributed by atoms with Crippen molar-refractivity contribution in [1.29, 1.82) is 0 Å². The maximum atomic E-state index is 12.9. The fourth-order valence-corrected chi connectivity index (χ4v) is 3.30. The predicted octanol–water partition coefficient (Wildman–Crippen LogP) is 1.86. The van der Waals surface area contributed by atoms with Crippen LogP contribution in [0.25, 0.3) is 0 Å². The largest absolute Gasteiger partial charge is 0.465 e. The van der Waals surface area contributed by atoms with Gasteiger partial charge in [-0.2, -0.15) is 13.2 Å². The zero-order valence-electron chi connectivity index (χ0n) is 15.8. The van der Waals surface area contributed by atoms with E-state index in [1.165, 1.54) is 31.4 Å². The zero-order valence-corrected chi connectivity index (χ0v) is 15.8. The first-order chi connectivity index (χ1) is 13.6. The lowest BCUT2D eigenvalue weighted by Gasteiger charge is -2.31. The predicted molar refractivity (Wildman–Crippen MR) is 94.4 cm³/mol. The zero-order chi connectivity index (χ0) is 21.3. The molecule has 29 heavy (non-hydrogen) atoms. The molecule has 3 rings (SSSR count). The molecule has 0 aliphatic carbocycles. The van der Waals surface area contributed by atoms with Gasteiger partial charge in [0.15, 0.2) is 0 Å². The number of esters is 1. The van der Waals surface area contributed by atoms with Gasteiger partial charge in [-0.05, 0) is 37.1 Å². The molecule has 0 atom stereocenters. The van der Waals surface area contributed by atoms with Crippen LogP contribution < -0.4 is 5.69 Å². The van der Waals surface area contributed by atoms with Crippen LogP contribution in [0, 0.1) is 0 Å². The van der Waals surface area contributed by atoms with E-state index in [4.69, 9.17) is 0 Å². The molecule has 0 spiro atoms. The molecule has 0 unspecified atom stereocenters. The van der Waals surface area contributed by atoms with Gasteiger partial charge in [0, 0.05) is 25.7 Å². The summed E-state index contributed by atoms with van der Waals surface area (Å²) in [6.45, 7) is 0.541. The number of likely N-dealkylation sites (tertiary alicyclic amines) is 1. The van der Waals surface area contributed by atoms with Crippen molar-refractivity contribution < 1.29 is 27.5 Å². The lowest BCUT2D eigenvalue weighted by molar-refractivity contribution is -0.147. The number of hydrogen-bond donors (Lipinski definition) is 0. The van der Waals surface area contributed by atoms with E-state index in [0.717, 1.165) is 11.7 Å². The first-order valence-electron chi connectivity index (χ1n) is 8.84. The first kappa shape index (κ1) is 20.6. The van der Waals surface area contributed by atoms with Crippen molar-refractivity contribution in [3.63, 3.8) is 0 Å². The van der Waals surface area contributed by atoms with Gasteiger partial charge in [-0.15, -0.1) is 5.10 Å². The smallest absolute Gasteiger partial charge is 0.451 e. The molecule has 1 fully saturated rings. The summed E-state index contributed by atoms with van der Waals surface area (Å²) in [4.78, 5) is 37.8. The van der Waals surface area contributed by atoms with E-state index in [-0.39, 0.29) is 19.0 Å². The van der Waals surface area contributed by atoms with Crippen molar-refractivity contribution >= 4 is 11.9 Å². The number of aromatic nitrogens is 3. The van der Waals surface area contributed by atoms with Crippen LogP contribution in [0.5, 0.6) is 0 Å². The third-order valence-corrected chi connectivity index (χ3v) is 4.91. The van der Waals surface area contributed by atoms with Gasteiger partial charge < -0.3 is 9.64 Å². The molecule has 8 nitrogen and oxygen atoms in total. The van der Waals surface area contributed by atoms with E-state index in [1.807, 2.05) is 0 Å². The van der Waals surface area contributed by atoms with Gasteiger partial charge in [0.1, 0.15) is 0 Å². The molecule has 1 aromatic heterocycles. The highest BCUT2D eigenvalue weighted by molar-refractivity contribution is 5.96. The monoisotopic (exact) mass is 412 g/mol. The van der Waals surface area contributed by atoms with Crippen LogP contribution in [0.3, 0.4) is 0 Å². The van der Waals surface area contributed by atoms with Crippen molar-refractivity contribution in [3.05, 3.63) is 51.7 Å². The number of piperidine rings is 1. The minimum Gasteiger partial charge on any atom is -0.465 e.